The van der Waals surface area contributed by atoms with Crippen molar-refractivity contribution in [1.29, 1.82) is 0 Å². The van der Waals surface area contributed by atoms with Crippen molar-refractivity contribution >= 4 is 60.2 Å². The Hall–Kier alpha value is -3.94. The van der Waals surface area contributed by atoms with E-state index in [1.54, 1.807) is 23.6 Å². The minimum absolute atomic E-state index is 0.0337. The van der Waals surface area contributed by atoms with E-state index in [0.29, 0.717) is 43.2 Å². The van der Waals surface area contributed by atoms with E-state index in [0.717, 1.165) is 45.3 Å². The van der Waals surface area contributed by atoms with Crippen LogP contribution in [-0.2, 0) is 4.74 Å². The molecule has 0 radical (unpaired) electrons. The van der Waals surface area contributed by atoms with Gasteiger partial charge < -0.3 is 19.8 Å². The molecular weight excluding hydrogens is 494 g/mol. The van der Waals surface area contributed by atoms with Crippen molar-refractivity contribution in [2.75, 3.05) is 37.7 Å². The molecule has 192 valence electrons. The van der Waals surface area contributed by atoms with Gasteiger partial charge in [-0.1, -0.05) is 43.3 Å². The molecule has 38 heavy (non-hydrogen) atoms. The van der Waals surface area contributed by atoms with Gasteiger partial charge in [0.2, 0.25) is 0 Å². The quantitative estimate of drug-likeness (QED) is 0.259. The van der Waals surface area contributed by atoms with Crippen molar-refractivity contribution < 1.29 is 9.15 Å². The highest BCUT2D eigenvalue weighted by atomic mass is 32.1. The molecule has 1 fully saturated rings. The molecule has 0 amide bonds. The summed E-state index contributed by atoms with van der Waals surface area (Å²) in [6.07, 6.45) is 4.47. The van der Waals surface area contributed by atoms with Gasteiger partial charge in [-0.15, -0.1) is 11.3 Å². The number of rotatable bonds is 6. The van der Waals surface area contributed by atoms with Gasteiger partial charge in [0.1, 0.15) is 5.58 Å². The molecule has 1 aliphatic heterocycles. The maximum atomic E-state index is 13.1. The van der Waals surface area contributed by atoms with Crippen LogP contribution < -0.4 is 16.1 Å². The predicted octanol–water partition coefficient (Wildman–Crippen LogP) is 6.44. The highest BCUT2D eigenvalue weighted by Gasteiger charge is 2.19. The lowest BCUT2D eigenvalue weighted by Crippen LogP contribution is -2.36. The van der Waals surface area contributed by atoms with E-state index in [2.05, 4.69) is 53.2 Å². The number of para-hydroxylation sites is 1. The van der Waals surface area contributed by atoms with Crippen molar-refractivity contribution in [3.05, 3.63) is 82.7 Å². The summed E-state index contributed by atoms with van der Waals surface area (Å²) < 4.78 is 14.3. The van der Waals surface area contributed by atoms with Gasteiger partial charge in [-0.05, 0) is 30.2 Å². The smallest absolute Gasteiger partial charge is 0.200 e. The first-order valence-electron chi connectivity index (χ1n) is 12.9. The van der Waals surface area contributed by atoms with Gasteiger partial charge in [-0.25, -0.2) is 0 Å². The maximum absolute atomic E-state index is 13.1. The zero-order valence-electron chi connectivity index (χ0n) is 21.3. The molecule has 0 bridgehead atoms. The molecular formula is C31H29N3O3S. The Morgan fingerprint density at radius 1 is 1.03 bits per heavy atom. The lowest BCUT2D eigenvalue weighted by molar-refractivity contribution is 0.121. The van der Waals surface area contributed by atoms with Crippen LogP contribution in [0.25, 0.3) is 47.8 Å². The Bertz CT molecular complexity index is 1760. The molecule has 3 aromatic carbocycles. The lowest BCUT2D eigenvalue weighted by atomic mass is 9.99. The summed E-state index contributed by atoms with van der Waals surface area (Å²) in [5.41, 5.74) is 10.5. The third-order valence-electron chi connectivity index (χ3n) is 6.95. The van der Waals surface area contributed by atoms with Gasteiger partial charge in [-0.2, -0.15) is 0 Å². The number of aliphatic imine (C=N–C) groups is 1. The van der Waals surface area contributed by atoms with E-state index < -0.39 is 0 Å². The van der Waals surface area contributed by atoms with Crippen LogP contribution in [0.5, 0.6) is 0 Å². The van der Waals surface area contributed by atoms with E-state index in [4.69, 9.17) is 14.9 Å². The summed E-state index contributed by atoms with van der Waals surface area (Å²) in [6, 6.07) is 20.2. The minimum Gasteiger partial charge on any atom is -0.440 e. The standard InChI is InChI=1S/C31H29N3O3S/c1-2-11-33-19-21(18-32)20-9-10-28-26(16-20)24-7-4-6-23(31(24)38-28)22-5-3-8-25-27(35)17-29(37-30(22)25)34-12-14-36-15-13-34/h3-10,16-19H,2,11-15,32H2,1H3/b21-18+,33-19?. The van der Waals surface area contributed by atoms with Crippen molar-refractivity contribution in [3.8, 4) is 11.1 Å². The number of morpholine rings is 1. The highest BCUT2D eigenvalue weighted by molar-refractivity contribution is 7.26. The summed E-state index contributed by atoms with van der Waals surface area (Å²) in [5.74, 6) is 0.595. The SMILES string of the molecule is CCCN=C/C(=C\N)c1ccc2sc3c(-c4cccc5c(=O)cc(N6CCOCC6)oc45)cccc3c2c1. The number of ether oxygens (including phenoxy) is 1. The number of thiophene rings is 1. The zero-order valence-corrected chi connectivity index (χ0v) is 22.1. The molecule has 2 N–H and O–H groups in total. The van der Waals surface area contributed by atoms with Crippen LogP contribution in [0.3, 0.4) is 0 Å². The van der Waals surface area contributed by atoms with E-state index in [1.165, 1.54) is 10.1 Å². The van der Waals surface area contributed by atoms with Crippen molar-refractivity contribution in [2.45, 2.75) is 13.3 Å². The van der Waals surface area contributed by atoms with Crippen LogP contribution in [-0.4, -0.2) is 39.1 Å². The van der Waals surface area contributed by atoms with Gasteiger partial charge >= 0.3 is 0 Å². The Morgan fingerprint density at radius 2 is 1.82 bits per heavy atom. The van der Waals surface area contributed by atoms with Crippen LogP contribution in [0, 0.1) is 0 Å². The summed E-state index contributed by atoms with van der Waals surface area (Å²) >= 11 is 1.75. The number of benzene rings is 3. The molecule has 0 spiro atoms. The second-order valence-corrected chi connectivity index (χ2v) is 10.4. The molecule has 7 heteroatoms. The van der Waals surface area contributed by atoms with E-state index >= 15 is 0 Å². The zero-order chi connectivity index (χ0) is 26.1. The van der Waals surface area contributed by atoms with E-state index in [1.807, 2.05) is 24.4 Å². The second kappa shape index (κ2) is 10.4. The maximum Gasteiger partial charge on any atom is 0.200 e. The molecule has 0 aliphatic carbocycles. The normalized spacial score (nSPS) is 14.9. The van der Waals surface area contributed by atoms with Crippen molar-refractivity contribution in [1.82, 2.24) is 0 Å². The fourth-order valence-corrected chi connectivity index (χ4v) is 6.22. The molecule has 0 unspecified atom stereocenters. The van der Waals surface area contributed by atoms with Crippen LogP contribution >= 0.6 is 11.3 Å². The third kappa shape index (κ3) is 4.38. The van der Waals surface area contributed by atoms with E-state index in [9.17, 15) is 4.79 Å². The highest BCUT2D eigenvalue weighted by Crippen LogP contribution is 2.42. The average molecular weight is 524 g/mol. The first kappa shape index (κ1) is 24.4. The molecule has 3 heterocycles. The molecule has 2 aromatic heterocycles. The Labute approximate surface area is 224 Å². The number of nitrogens with zero attached hydrogens (tertiary/aromatic N) is 2. The molecule has 1 saturated heterocycles. The van der Waals surface area contributed by atoms with Crippen LogP contribution in [0.15, 0.2) is 81.1 Å². The molecule has 1 aliphatic rings. The van der Waals surface area contributed by atoms with Gasteiger partial charge in [0, 0.05) is 75.0 Å². The first-order chi connectivity index (χ1) is 18.7. The Morgan fingerprint density at radius 3 is 2.61 bits per heavy atom. The molecule has 6 nitrogen and oxygen atoms in total. The fraction of sp³-hybridized carbons (Fsp3) is 0.226. The number of hydrogen-bond acceptors (Lipinski definition) is 7. The number of fused-ring (bicyclic) bond motifs is 4. The molecule has 6 rings (SSSR count). The third-order valence-corrected chi connectivity index (χ3v) is 8.17. The van der Waals surface area contributed by atoms with Crippen LogP contribution in [0.1, 0.15) is 18.9 Å². The summed E-state index contributed by atoms with van der Waals surface area (Å²) in [6.45, 7) is 5.53. The van der Waals surface area contributed by atoms with Gasteiger partial charge in [0.15, 0.2) is 11.3 Å². The summed E-state index contributed by atoms with van der Waals surface area (Å²) in [4.78, 5) is 19.7. The molecule has 0 saturated carbocycles. The number of allylic oxidation sites excluding steroid dienone is 1. The number of anilines is 1. The van der Waals surface area contributed by atoms with Crippen LogP contribution in [0.2, 0.25) is 0 Å². The molecule has 0 atom stereocenters. The van der Waals surface area contributed by atoms with Gasteiger partial charge in [0.25, 0.3) is 0 Å². The average Bonchev–Trinajstić information content (AvgIpc) is 3.34. The van der Waals surface area contributed by atoms with Gasteiger partial charge in [0.05, 0.1) is 18.6 Å². The number of nitrogens with two attached hydrogens (primary N) is 1. The number of hydrogen-bond donors (Lipinski definition) is 1. The van der Waals surface area contributed by atoms with Crippen LogP contribution in [0.4, 0.5) is 5.88 Å². The van der Waals surface area contributed by atoms with Crippen molar-refractivity contribution in [2.24, 2.45) is 10.7 Å². The fourth-order valence-electron chi connectivity index (χ4n) is 5.01. The Kier molecular flexibility index (Phi) is 6.70. The molecule has 5 aromatic rings. The topological polar surface area (TPSA) is 81.1 Å². The monoisotopic (exact) mass is 523 g/mol. The van der Waals surface area contributed by atoms with E-state index in [-0.39, 0.29) is 5.43 Å². The minimum atomic E-state index is -0.0337. The lowest BCUT2D eigenvalue weighted by Gasteiger charge is -2.27. The second-order valence-electron chi connectivity index (χ2n) is 9.38. The summed E-state index contributed by atoms with van der Waals surface area (Å²) in [5, 5.41) is 2.92. The first-order valence-corrected chi connectivity index (χ1v) is 13.8. The van der Waals surface area contributed by atoms with Crippen molar-refractivity contribution in [3.63, 3.8) is 0 Å². The van der Waals surface area contributed by atoms with Gasteiger partial charge in [-0.3, -0.25) is 9.79 Å². The Balaban J connectivity index is 1.51. The predicted molar refractivity (Wildman–Crippen MR) is 160 cm³/mol. The largest absolute Gasteiger partial charge is 0.440 e. The summed E-state index contributed by atoms with van der Waals surface area (Å²) in [7, 11) is 0.